The summed E-state index contributed by atoms with van der Waals surface area (Å²) >= 11 is 0. The Morgan fingerprint density at radius 3 is 2.81 bits per heavy atom. The van der Waals surface area contributed by atoms with Crippen molar-refractivity contribution in [1.82, 2.24) is 15.1 Å². The second kappa shape index (κ2) is 6.10. The molecule has 1 aromatic rings. The van der Waals surface area contributed by atoms with Crippen molar-refractivity contribution < 1.29 is 9.59 Å². The van der Waals surface area contributed by atoms with Crippen LogP contribution in [-0.4, -0.2) is 60.4 Å². The summed E-state index contributed by atoms with van der Waals surface area (Å²) in [6, 6.07) is 9.54. The van der Waals surface area contributed by atoms with Crippen molar-refractivity contribution in [2.75, 3.05) is 32.7 Å². The number of amides is 2. The van der Waals surface area contributed by atoms with Gasteiger partial charge in [-0.2, -0.15) is 0 Å². The minimum Gasteiger partial charge on any atom is -0.353 e. The first-order valence-electron chi connectivity index (χ1n) is 7.28. The van der Waals surface area contributed by atoms with Gasteiger partial charge in [-0.05, 0) is 11.6 Å². The first-order chi connectivity index (χ1) is 10.2. The first-order valence-corrected chi connectivity index (χ1v) is 7.28. The molecule has 1 aromatic carbocycles. The Labute approximate surface area is 124 Å². The highest BCUT2D eigenvalue weighted by atomic mass is 16.2. The SMILES string of the molecule is O=C1NCCN2CCN(C(=O)C=Cc3ccccc3)CC12. The number of nitrogens with one attached hydrogen (secondary N) is 1. The number of benzene rings is 1. The molecule has 1 unspecified atom stereocenters. The van der Waals surface area contributed by atoms with Crippen LogP contribution in [0.25, 0.3) is 6.08 Å². The number of nitrogens with zero attached hydrogens (tertiary/aromatic N) is 2. The molecule has 1 atom stereocenters. The van der Waals surface area contributed by atoms with Crippen molar-refractivity contribution in [3.05, 3.63) is 42.0 Å². The summed E-state index contributed by atoms with van der Waals surface area (Å²) in [5.74, 6) is 0.00247. The van der Waals surface area contributed by atoms with Gasteiger partial charge in [-0.15, -0.1) is 0 Å². The number of carbonyl (C=O) groups excluding carboxylic acids is 2. The highest BCUT2D eigenvalue weighted by molar-refractivity contribution is 5.92. The molecule has 2 amide bonds. The van der Waals surface area contributed by atoms with Gasteiger partial charge in [0.05, 0.1) is 0 Å². The number of fused-ring (bicyclic) bond motifs is 1. The fraction of sp³-hybridized carbons (Fsp3) is 0.375. The minimum atomic E-state index is -0.193. The van der Waals surface area contributed by atoms with E-state index in [0.717, 1.165) is 18.7 Å². The molecule has 5 heteroatoms. The van der Waals surface area contributed by atoms with Crippen LogP contribution < -0.4 is 5.32 Å². The standard InChI is InChI=1S/C16H19N3O2/c20-15(7-6-13-4-2-1-3-5-13)19-11-10-18-9-8-17-16(21)14(18)12-19/h1-7,14H,8-12H2,(H,17,21). The number of rotatable bonds is 2. The minimum absolute atomic E-state index is 0.0307. The summed E-state index contributed by atoms with van der Waals surface area (Å²) in [7, 11) is 0. The fourth-order valence-electron chi connectivity index (χ4n) is 2.81. The number of hydrogen-bond acceptors (Lipinski definition) is 3. The van der Waals surface area contributed by atoms with E-state index in [2.05, 4.69) is 10.2 Å². The van der Waals surface area contributed by atoms with E-state index < -0.39 is 0 Å². The Morgan fingerprint density at radius 1 is 1.19 bits per heavy atom. The maximum Gasteiger partial charge on any atom is 0.246 e. The molecule has 0 aliphatic carbocycles. The zero-order chi connectivity index (χ0) is 14.7. The van der Waals surface area contributed by atoms with Crippen LogP contribution in [0.1, 0.15) is 5.56 Å². The maximum absolute atomic E-state index is 12.2. The van der Waals surface area contributed by atoms with Crippen molar-refractivity contribution in [2.45, 2.75) is 6.04 Å². The van der Waals surface area contributed by atoms with E-state index in [-0.39, 0.29) is 17.9 Å². The fourth-order valence-corrected chi connectivity index (χ4v) is 2.81. The summed E-state index contributed by atoms with van der Waals surface area (Å²) < 4.78 is 0. The van der Waals surface area contributed by atoms with Gasteiger partial charge in [-0.25, -0.2) is 0 Å². The Hall–Kier alpha value is -2.14. The average molecular weight is 285 g/mol. The van der Waals surface area contributed by atoms with Crippen molar-refractivity contribution in [2.24, 2.45) is 0 Å². The zero-order valence-corrected chi connectivity index (χ0v) is 11.9. The van der Waals surface area contributed by atoms with Gasteiger partial charge in [0, 0.05) is 38.8 Å². The number of piperazine rings is 2. The van der Waals surface area contributed by atoms with Gasteiger partial charge < -0.3 is 10.2 Å². The molecular formula is C16H19N3O2. The highest BCUT2D eigenvalue weighted by Crippen LogP contribution is 2.13. The zero-order valence-electron chi connectivity index (χ0n) is 11.9. The molecule has 2 aliphatic heterocycles. The molecule has 1 N–H and O–H groups in total. The van der Waals surface area contributed by atoms with Crippen LogP contribution in [0.5, 0.6) is 0 Å². The second-order valence-electron chi connectivity index (χ2n) is 5.37. The molecule has 5 nitrogen and oxygen atoms in total. The quantitative estimate of drug-likeness (QED) is 0.797. The molecule has 2 heterocycles. The van der Waals surface area contributed by atoms with Gasteiger partial charge in [-0.1, -0.05) is 30.3 Å². The third-order valence-corrected chi connectivity index (χ3v) is 4.02. The third-order valence-electron chi connectivity index (χ3n) is 4.02. The van der Waals surface area contributed by atoms with Crippen molar-refractivity contribution in [1.29, 1.82) is 0 Å². The van der Waals surface area contributed by atoms with E-state index >= 15 is 0 Å². The number of hydrogen-bond donors (Lipinski definition) is 1. The van der Waals surface area contributed by atoms with Crippen LogP contribution in [0.3, 0.4) is 0 Å². The van der Waals surface area contributed by atoms with Gasteiger partial charge >= 0.3 is 0 Å². The Balaban J connectivity index is 1.63. The van der Waals surface area contributed by atoms with Crippen molar-refractivity contribution >= 4 is 17.9 Å². The molecule has 0 radical (unpaired) electrons. The molecule has 3 rings (SSSR count). The molecule has 0 bridgehead atoms. The van der Waals surface area contributed by atoms with Crippen LogP contribution in [0.15, 0.2) is 36.4 Å². The molecular weight excluding hydrogens is 266 g/mol. The van der Waals surface area contributed by atoms with Crippen LogP contribution in [-0.2, 0) is 9.59 Å². The molecule has 0 aromatic heterocycles. The lowest BCUT2D eigenvalue weighted by atomic mass is 10.1. The molecule has 2 saturated heterocycles. The van der Waals surface area contributed by atoms with Crippen molar-refractivity contribution in [3.8, 4) is 0 Å². The smallest absolute Gasteiger partial charge is 0.246 e. The maximum atomic E-state index is 12.2. The molecule has 110 valence electrons. The first kappa shape index (κ1) is 13.8. The number of carbonyl (C=O) groups is 2. The Bertz CT molecular complexity index is 556. The lowest BCUT2D eigenvalue weighted by Crippen LogP contribution is -2.64. The predicted octanol–water partition coefficient (Wildman–Crippen LogP) is 0.342. The average Bonchev–Trinajstić information content (AvgIpc) is 2.54. The van der Waals surface area contributed by atoms with Gasteiger partial charge in [0.15, 0.2) is 0 Å². The van der Waals surface area contributed by atoms with Gasteiger partial charge in [-0.3, -0.25) is 14.5 Å². The van der Waals surface area contributed by atoms with Crippen molar-refractivity contribution in [3.63, 3.8) is 0 Å². The predicted molar refractivity (Wildman–Crippen MR) is 80.4 cm³/mol. The molecule has 2 aliphatic rings. The van der Waals surface area contributed by atoms with E-state index in [1.54, 1.807) is 11.0 Å². The Kier molecular flexibility index (Phi) is 4.01. The van der Waals surface area contributed by atoms with Crippen LogP contribution in [0.2, 0.25) is 0 Å². The third kappa shape index (κ3) is 3.13. The van der Waals surface area contributed by atoms with E-state index in [1.165, 1.54) is 0 Å². The monoisotopic (exact) mass is 285 g/mol. The van der Waals surface area contributed by atoms with E-state index in [9.17, 15) is 9.59 Å². The molecule has 21 heavy (non-hydrogen) atoms. The van der Waals surface area contributed by atoms with Crippen LogP contribution >= 0.6 is 0 Å². The van der Waals surface area contributed by atoms with Gasteiger partial charge in [0.2, 0.25) is 11.8 Å². The van der Waals surface area contributed by atoms with Gasteiger partial charge in [0.25, 0.3) is 0 Å². The summed E-state index contributed by atoms with van der Waals surface area (Å²) in [5.41, 5.74) is 1.000. The Morgan fingerprint density at radius 2 is 2.00 bits per heavy atom. The summed E-state index contributed by atoms with van der Waals surface area (Å²) in [4.78, 5) is 28.0. The lowest BCUT2D eigenvalue weighted by molar-refractivity contribution is -0.137. The molecule has 0 saturated carbocycles. The topological polar surface area (TPSA) is 52.7 Å². The largest absolute Gasteiger partial charge is 0.353 e. The highest BCUT2D eigenvalue weighted by Gasteiger charge is 2.35. The summed E-state index contributed by atoms with van der Waals surface area (Å²) in [6.45, 7) is 3.50. The molecule has 2 fully saturated rings. The van der Waals surface area contributed by atoms with E-state index in [1.807, 2.05) is 36.4 Å². The second-order valence-corrected chi connectivity index (χ2v) is 5.37. The normalized spacial score (nSPS) is 23.0. The molecule has 0 spiro atoms. The van der Waals surface area contributed by atoms with E-state index in [0.29, 0.717) is 19.6 Å². The summed E-state index contributed by atoms with van der Waals surface area (Å²) in [6.07, 6.45) is 3.40. The van der Waals surface area contributed by atoms with Crippen LogP contribution in [0.4, 0.5) is 0 Å². The van der Waals surface area contributed by atoms with E-state index in [4.69, 9.17) is 0 Å². The summed E-state index contributed by atoms with van der Waals surface area (Å²) in [5, 5.41) is 2.86. The lowest BCUT2D eigenvalue weighted by Gasteiger charge is -2.42. The van der Waals surface area contributed by atoms with Gasteiger partial charge in [0.1, 0.15) is 6.04 Å². The van der Waals surface area contributed by atoms with Crippen LogP contribution in [0, 0.1) is 0 Å².